The molecule has 0 aliphatic carbocycles. The van der Waals surface area contributed by atoms with Crippen LogP contribution in [0.15, 0.2) is 83.3 Å². The van der Waals surface area contributed by atoms with Crippen LogP contribution in [-0.2, 0) is 21.4 Å². The molecule has 0 aromatic heterocycles. The molecule has 5 rings (SSSR count). The van der Waals surface area contributed by atoms with Gasteiger partial charge in [0.1, 0.15) is 11.7 Å². The Labute approximate surface area is 222 Å². The van der Waals surface area contributed by atoms with E-state index < -0.39 is 23.4 Å². The van der Waals surface area contributed by atoms with Crippen LogP contribution in [0.5, 0.6) is 0 Å². The molecule has 2 saturated heterocycles. The standard InChI is InChI=1S/C28H27BrF3N3O2/c29-23-10-6-20(7-11-23)25-26(36)35(24-12-8-22(9-13-24)28(30,31)32)27(33-25,21-4-2-1-3-5-21)14-15-34-16-18-37-19-17-34/h1-13,25,33H,14-19H2. The van der Waals surface area contributed by atoms with E-state index in [9.17, 15) is 18.0 Å². The minimum absolute atomic E-state index is 0.215. The molecule has 0 radical (unpaired) electrons. The second-order valence-electron chi connectivity index (χ2n) is 9.28. The van der Waals surface area contributed by atoms with Gasteiger partial charge in [0, 0.05) is 36.2 Å². The number of rotatable bonds is 6. The van der Waals surface area contributed by atoms with Crippen molar-refractivity contribution in [3.63, 3.8) is 0 Å². The van der Waals surface area contributed by atoms with E-state index in [1.165, 1.54) is 12.1 Å². The van der Waals surface area contributed by atoms with Gasteiger partial charge in [-0.05, 0) is 47.5 Å². The molecule has 9 heteroatoms. The van der Waals surface area contributed by atoms with E-state index in [1.807, 2.05) is 54.6 Å². The number of anilines is 1. The lowest BCUT2D eigenvalue weighted by Crippen LogP contribution is -2.52. The van der Waals surface area contributed by atoms with E-state index >= 15 is 0 Å². The Bertz CT molecular complexity index is 1220. The number of nitrogens with zero attached hydrogens (tertiary/aromatic N) is 2. The van der Waals surface area contributed by atoms with Gasteiger partial charge in [-0.15, -0.1) is 0 Å². The van der Waals surface area contributed by atoms with Gasteiger partial charge in [0.15, 0.2) is 0 Å². The van der Waals surface area contributed by atoms with E-state index in [0.717, 1.165) is 40.8 Å². The summed E-state index contributed by atoms with van der Waals surface area (Å²) in [6, 6.07) is 21.4. The first-order valence-corrected chi connectivity index (χ1v) is 13.0. The lowest BCUT2D eigenvalue weighted by Gasteiger charge is -2.41. The summed E-state index contributed by atoms with van der Waals surface area (Å²) >= 11 is 3.45. The average molecular weight is 574 g/mol. The topological polar surface area (TPSA) is 44.8 Å². The maximum atomic E-state index is 14.1. The first-order valence-electron chi connectivity index (χ1n) is 12.2. The van der Waals surface area contributed by atoms with Crippen LogP contribution in [0.25, 0.3) is 0 Å². The first kappa shape index (κ1) is 25.9. The van der Waals surface area contributed by atoms with Crippen molar-refractivity contribution in [3.05, 3.63) is 100 Å². The molecular formula is C28H27BrF3N3O2. The maximum Gasteiger partial charge on any atom is 0.416 e. The summed E-state index contributed by atoms with van der Waals surface area (Å²) in [5.74, 6) is -0.215. The van der Waals surface area contributed by atoms with Gasteiger partial charge in [0.05, 0.1) is 18.8 Å². The Morgan fingerprint density at radius 3 is 2.22 bits per heavy atom. The number of carbonyl (C=O) groups excluding carboxylic acids is 1. The minimum Gasteiger partial charge on any atom is -0.379 e. The van der Waals surface area contributed by atoms with Crippen molar-refractivity contribution >= 4 is 27.5 Å². The maximum absolute atomic E-state index is 14.1. The van der Waals surface area contributed by atoms with Crippen molar-refractivity contribution in [2.75, 3.05) is 37.7 Å². The molecule has 2 heterocycles. The van der Waals surface area contributed by atoms with Gasteiger partial charge in [-0.2, -0.15) is 13.2 Å². The molecule has 0 spiro atoms. The summed E-state index contributed by atoms with van der Waals surface area (Å²) in [5.41, 5.74) is 0.356. The number of benzene rings is 3. The van der Waals surface area contributed by atoms with Crippen molar-refractivity contribution in [1.29, 1.82) is 0 Å². The van der Waals surface area contributed by atoms with Gasteiger partial charge in [-0.1, -0.05) is 58.4 Å². The molecule has 2 aliphatic heterocycles. The zero-order valence-corrected chi connectivity index (χ0v) is 21.6. The molecule has 2 fully saturated rings. The zero-order valence-electron chi connectivity index (χ0n) is 20.0. The van der Waals surface area contributed by atoms with Crippen LogP contribution in [0.2, 0.25) is 0 Å². The Kier molecular flexibility index (Phi) is 7.40. The Morgan fingerprint density at radius 2 is 1.59 bits per heavy atom. The summed E-state index contributed by atoms with van der Waals surface area (Å²) in [4.78, 5) is 18.0. The zero-order chi connectivity index (χ0) is 26.0. The van der Waals surface area contributed by atoms with E-state index in [0.29, 0.717) is 31.9 Å². The van der Waals surface area contributed by atoms with Crippen LogP contribution in [0.1, 0.15) is 29.2 Å². The number of ether oxygens (including phenoxy) is 1. The molecule has 1 amide bonds. The van der Waals surface area contributed by atoms with Crippen molar-refractivity contribution in [2.45, 2.75) is 24.3 Å². The first-order chi connectivity index (χ1) is 17.8. The third-order valence-corrected chi connectivity index (χ3v) is 7.56. The molecular weight excluding hydrogens is 547 g/mol. The predicted octanol–water partition coefficient (Wildman–Crippen LogP) is 5.72. The third-order valence-electron chi connectivity index (χ3n) is 7.03. The normalized spacial score (nSPS) is 23.0. The second-order valence-corrected chi connectivity index (χ2v) is 10.2. The minimum atomic E-state index is -4.46. The van der Waals surface area contributed by atoms with Crippen LogP contribution in [-0.4, -0.2) is 43.7 Å². The molecule has 0 bridgehead atoms. The Hall–Kier alpha value is -2.72. The van der Waals surface area contributed by atoms with Gasteiger partial charge >= 0.3 is 6.18 Å². The van der Waals surface area contributed by atoms with E-state index in [4.69, 9.17) is 4.74 Å². The molecule has 194 valence electrons. The largest absolute Gasteiger partial charge is 0.416 e. The quantitative estimate of drug-likeness (QED) is 0.409. The summed E-state index contributed by atoms with van der Waals surface area (Å²) in [6.07, 6.45) is -3.92. The van der Waals surface area contributed by atoms with Crippen molar-refractivity contribution in [2.24, 2.45) is 0 Å². The van der Waals surface area contributed by atoms with E-state index in [-0.39, 0.29) is 5.91 Å². The van der Waals surface area contributed by atoms with Crippen LogP contribution in [0.4, 0.5) is 18.9 Å². The van der Waals surface area contributed by atoms with Gasteiger partial charge in [0.25, 0.3) is 5.91 Å². The lowest BCUT2D eigenvalue weighted by molar-refractivity contribution is -0.137. The summed E-state index contributed by atoms with van der Waals surface area (Å²) in [5, 5.41) is 3.62. The van der Waals surface area contributed by atoms with Crippen LogP contribution in [0, 0.1) is 0 Å². The van der Waals surface area contributed by atoms with E-state index in [1.54, 1.807) is 4.90 Å². The second kappa shape index (κ2) is 10.6. The van der Waals surface area contributed by atoms with Gasteiger partial charge in [0.2, 0.25) is 0 Å². The molecule has 2 aliphatic rings. The van der Waals surface area contributed by atoms with Crippen molar-refractivity contribution in [3.8, 4) is 0 Å². The van der Waals surface area contributed by atoms with Crippen molar-refractivity contribution in [1.82, 2.24) is 10.2 Å². The third kappa shape index (κ3) is 5.31. The van der Waals surface area contributed by atoms with Crippen LogP contribution in [0.3, 0.4) is 0 Å². The van der Waals surface area contributed by atoms with E-state index in [2.05, 4.69) is 26.1 Å². The number of carbonyl (C=O) groups is 1. The Balaban J connectivity index is 1.60. The molecule has 3 aromatic carbocycles. The highest BCUT2D eigenvalue weighted by Gasteiger charge is 2.52. The highest BCUT2D eigenvalue weighted by atomic mass is 79.9. The van der Waals surface area contributed by atoms with Crippen LogP contribution < -0.4 is 10.2 Å². The fourth-order valence-corrected chi connectivity index (χ4v) is 5.37. The fourth-order valence-electron chi connectivity index (χ4n) is 5.11. The summed E-state index contributed by atoms with van der Waals surface area (Å²) in [6.45, 7) is 3.55. The van der Waals surface area contributed by atoms with Gasteiger partial charge in [-0.3, -0.25) is 19.9 Å². The predicted molar refractivity (Wildman–Crippen MR) is 139 cm³/mol. The number of morpholine rings is 1. The summed E-state index contributed by atoms with van der Waals surface area (Å²) < 4.78 is 46.3. The molecule has 5 nitrogen and oxygen atoms in total. The smallest absolute Gasteiger partial charge is 0.379 e. The van der Waals surface area contributed by atoms with Gasteiger partial charge < -0.3 is 4.74 Å². The SMILES string of the molecule is O=C1C(c2ccc(Br)cc2)NC(CCN2CCOCC2)(c2ccccc2)N1c1ccc(C(F)(F)F)cc1. The number of alkyl halides is 3. The average Bonchev–Trinajstić information content (AvgIpc) is 3.21. The number of nitrogens with one attached hydrogen (secondary N) is 1. The van der Waals surface area contributed by atoms with Crippen LogP contribution >= 0.6 is 15.9 Å². The van der Waals surface area contributed by atoms with Crippen molar-refractivity contribution < 1.29 is 22.7 Å². The molecule has 1 N–H and O–H groups in total. The molecule has 3 aromatic rings. The number of amides is 1. The number of hydrogen-bond donors (Lipinski definition) is 1. The molecule has 0 saturated carbocycles. The molecule has 37 heavy (non-hydrogen) atoms. The van der Waals surface area contributed by atoms with Gasteiger partial charge in [-0.25, -0.2) is 0 Å². The number of halogens is 4. The lowest BCUT2D eigenvalue weighted by atomic mass is 9.93. The Morgan fingerprint density at radius 1 is 0.946 bits per heavy atom. The fraction of sp³-hybridized carbons (Fsp3) is 0.321. The monoisotopic (exact) mass is 573 g/mol. The number of hydrogen-bond acceptors (Lipinski definition) is 4. The summed E-state index contributed by atoms with van der Waals surface area (Å²) in [7, 11) is 0. The molecule has 2 atom stereocenters. The molecule has 2 unspecified atom stereocenters. The highest BCUT2D eigenvalue weighted by Crippen LogP contribution is 2.44. The highest BCUT2D eigenvalue weighted by molar-refractivity contribution is 9.10.